The molecule has 0 aromatic rings. The molecule has 1 N–H and O–H groups in total. The molecule has 2 radical (unpaired) electrons. The van der Waals surface area contributed by atoms with Crippen LogP contribution in [0.3, 0.4) is 0 Å². The minimum atomic E-state index is 0.376. The molecule has 0 unspecified atom stereocenters. The van der Waals surface area contributed by atoms with Crippen LogP contribution in [0.5, 0.6) is 0 Å². The number of hydrogen-bond donors (Lipinski definition) is 1. The van der Waals surface area contributed by atoms with Crippen LogP contribution in [0.15, 0.2) is 0 Å². The van der Waals surface area contributed by atoms with Gasteiger partial charge in [0.05, 0.1) is 0 Å². The standard InChI is InChI=1S/C3H7O.Sn.H/c1-2-3-4;;/h4H,1-3H2;;. The van der Waals surface area contributed by atoms with E-state index in [0.717, 1.165) is 6.42 Å². The van der Waals surface area contributed by atoms with Crippen LogP contribution < -0.4 is 0 Å². The summed E-state index contributed by atoms with van der Waals surface area (Å²) in [6.45, 7) is 0.376. The molecule has 0 saturated carbocycles. The second kappa shape index (κ2) is 4.76. The van der Waals surface area contributed by atoms with E-state index in [1.54, 1.807) is 0 Å². The maximum absolute atomic E-state index is 8.09. The van der Waals surface area contributed by atoms with Gasteiger partial charge >= 0.3 is 45.1 Å². The van der Waals surface area contributed by atoms with Crippen molar-refractivity contribution in [3.8, 4) is 0 Å². The van der Waals surface area contributed by atoms with Crippen LogP contribution in [0.1, 0.15) is 6.42 Å². The first-order valence-corrected chi connectivity index (χ1v) is 4.05. The molecule has 0 amide bonds. The maximum atomic E-state index is 8.09. The summed E-state index contributed by atoms with van der Waals surface area (Å²) in [5.74, 6) is 0. The van der Waals surface area contributed by atoms with Crippen molar-refractivity contribution in [3.63, 3.8) is 0 Å². The molecule has 0 fully saturated rings. The Morgan fingerprint density at radius 2 is 2.20 bits per heavy atom. The molecular formula is C3H8OSn. The zero-order valence-corrected chi connectivity index (χ0v) is 6.44. The molecule has 0 aromatic heterocycles. The van der Waals surface area contributed by atoms with Crippen LogP contribution in [0, 0.1) is 0 Å². The number of aliphatic hydroxyl groups excluding tert-OH is 1. The predicted molar refractivity (Wildman–Crippen MR) is 23.7 cm³/mol. The van der Waals surface area contributed by atoms with E-state index in [-0.39, 0.29) is 0 Å². The number of rotatable bonds is 2. The molecule has 0 aliphatic carbocycles. The predicted octanol–water partition coefficient (Wildman–Crippen LogP) is -0.312. The summed E-state index contributed by atoms with van der Waals surface area (Å²) in [6.07, 6.45) is 1.00. The third kappa shape index (κ3) is 4.76. The molecule has 0 spiro atoms. The van der Waals surface area contributed by atoms with Crippen molar-refractivity contribution in [2.45, 2.75) is 10.9 Å². The van der Waals surface area contributed by atoms with Crippen molar-refractivity contribution < 1.29 is 5.11 Å². The molecule has 0 aliphatic rings. The van der Waals surface area contributed by atoms with Crippen LogP contribution in [-0.4, -0.2) is 34.2 Å². The quantitative estimate of drug-likeness (QED) is 0.576. The Labute approximate surface area is 45.5 Å². The van der Waals surface area contributed by atoms with Gasteiger partial charge in [-0.1, -0.05) is 0 Å². The van der Waals surface area contributed by atoms with Crippen molar-refractivity contribution in [2.24, 2.45) is 0 Å². The van der Waals surface area contributed by atoms with Crippen molar-refractivity contribution in [3.05, 3.63) is 0 Å². The van der Waals surface area contributed by atoms with Gasteiger partial charge in [0.15, 0.2) is 0 Å². The van der Waals surface area contributed by atoms with Gasteiger partial charge in [0.2, 0.25) is 0 Å². The van der Waals surface area contributed by atoms with E-state index < -0.39 is 0 Å². The minimum absolute atomic E-state index is 0.376. The molecular weight excluding hydrogens is 171 g/mol. The van der Waals surface area contributed by atoms with Gasteiger partial charge in [0.1, 0.15) is 0 Å². The van der Waals surface area contributed by atoms with Crippen LogP contribution in [0.2, 0.25) is 4.44 Å². The first-order valence-electron chi connectivity index (χ1n) is 1.72. The summed E-state index contributed by atoms with van der Waals surface area (Å²) in [5, 5.41) is 8.09. The molecule has 0 atom stereocenters. The molecule has 0 aromatic carbocycles. The molecule has 0 rings (SSSR count). The average molecular weight is 179 g/mol. The van der Waals surface area contributed by atoms with Gasteiger partial charge in [0.25, 0.3) is 0 Å². The van der Waals surface area contributed by atoms with E-state index >= 15 is 0 Å². The molecule has 30 valence electrons. The Bertz CT molecular complexity index is 14.4. The number of hydrogen-bond acceptors (Lipinski definition) is 1. The summed E-state index contributed by atoms with van der Waals surface area (Å²) in [7, 11) is 0. The van der Waals surface area contributed by atoms with Crippen molar-refractivity contribution in [2.75, 3.05) is 6.61 Å². The molecule has 1 nitrogen and oxygen atoms in total. The Morgan fingerprint density at radius 1 is 1.60 bits per heavy atom. The summed E-state index contributed by atoms with van der Waals surface area (Å²) in [4.78, 5) is 0. The zero-order valence-electron chi connectivity index (χ0n) is 3.15. The summed E-state index contributed by atoms with van der Waals surface area (Å²) < 4.78 is 1.22. The third-order valence-electron chi connectivity index (χ3n) is 0.362. The molecule has 0 aliphatic heterocycles. The fraction of sp³-hybridized carbons (Fsp3) is 1.00. The average Bonchev–Trinajstić information content (AvgIpc) is 1.41. The third-order valence-corrected chi connectivity index (χ3v) is 1.53. The van der Waals surface area contributed by atoms with Gasteiger partial charge in [-0.25, -0.2) is 0 Å². The van der Waals surface area contributed by atoms with Crippen LogP contribution in [0.25, 0.3) is 0 Å². The zero-order chi connectivity index (χ0) is 4.12. The summed E-state index contributed by atoms with van der Waals surface area (Å²) >= 11 is 1.29. The summed E-state index contributed by atoms with van der Waals surface area (Å²) in [6, 6.07) is 0. The van der Waals surface area contributed by atoms with Crippen LogP contribution in [-0.2, 0) is 0 Å². The van der Waals surface area contributed by atoms with Gasteiger partial charge < -0.3 is 0 Å². The Kier molecular flexibility index (Phi) is 5.48. The second-order valence-corrected chi connectivity index (χ2v) is 2.51. The van der Waals surface area contributed by atoms with Gasteiger partial charge in [-0.15, -0.1) is 0 Å². The fourth-order valence-electron chi connectivity index (χ4n) is 0.0913. The summed E-state index contributed by atoms with van der Waals surface area (Å²) in [5.41, 5.74) is 0. The normalized spacial score (nSPS) is 8.40. The SMILES string of the molecule is OCC[CH2][SnH]. The second-order valence-electron chi connectivity index (χ2n) is 0.866. The van der Waals surface area contributed by atoms with Gasteiger partial charge in [-0.3, -0.25) is 0 Å². The van der Waals surface area contributed by atoms with E-state index in [1.807, 2.05) is 0 Å². The topological polar surface area (TPSA) is 20.2 Å². The van der Waals surface area contributed by atoms with Gasteiger partial charge in [-0.05, 0) is 0 Å². The van der Waals surface area contributed by atoms with E-state index in [4.69, 9.17) is 5.11 Å². The first-order chi connectivity index (χ1) is 2.41. The van der Waals surface area contributed by atoms with E-state index in [2.05, 4.69) is 0 Å². The Balaban J connectivity index is 2.19. The molecule has 0 heterocycles. The fourth-order valence-corrected chi connectivity index (χ4v) is 0.612. The Hall–Kier alpha value is 0.759. The van der Waals surface area contributed by atoms with E-state index in [1.165, 1.54) is 27.0 Å². The Morgan fingerprint density at radius 3 is 2.20 bits per heavy atom. The number of aliphatic hydroxyl groups is 1. The monoisotopic (exact) mass is 180 g/mol. The van der Waals surface area contributed by atoms with Gasteiger partial charge in [0, 0.05) is 0 Å². The van der Waals surface area contributed by atoms with E-state index in [0.29, 0.717) is 6.61 Å². The first kappa shape index (κ1) is 5.76. The van der Waals surface area contributed by atoms with Gasteiger partial charge in [-0.2, -0.15) is 0 Å². The van der Waals surface area contributed by atoms with Crippen molar-refractivity contribution >= 4 is 22.5 Å². The molecule has 0 bridgehead atoms. The van der Waals surface area contributed by atoms with E-state index in [9.17, 15) is 0 Å². The van der Waals surface area contributed by atoms with Crippen LogP contribution >= 0.6 is 0 Å². The van der Waals surface area contributed by atoms with Crippen molar-refractivity contribution in [1.82, 2.24) is 0 Å². The van der Waals surface area contributed by atoms with Crippen LogP contribution in [0.4, 0.5) is 0 Å². The molecule has 2 heteroatoms. The van der Waals surface area contributed by atoms with Crippen molar-refractivity contribution in [1.29, 1.82) is 0 Å². The molecule has 5 heavy (non-hydrogen) atoms. The molecule has 0 saturated heterocycles.